The number of hydrogen-bond acceptors (Lipinski definition) is 2. The monoisotopic (exact) mass is 336 g/mol. The van der Waals surface area contributed by atoms with E-state index in [4.69, 9.17) is 0 Å². The van der Waals surface area contributed by atoms with Gasteiger partial charge in [0, 0.05) is 0 Å². The summed E-state index contributed by atoms with van der Waals surface area (Å²) in [5.41, 5.74) is 4.04. The van der Waals surface area contributed by atoms with Gasteiger partial charge < -0.3 is 10.6 Å². The Hall–Kier alpha value is -2.88. The summed E-state index contributed by atoms with van der Waals surface area (Å²) in [6.45, 7) is 0. The van der Waals surface area contributed by atoms with Gasteiger partial charge in [0.05, 0.1) is 23.5 Å². The van der Waals surface area contributed by atoms with Gasteiger partial charge in [0.1, 0.15) is 11.6 Å². The maximum Gasteiger partial charge on any atom is 0.123 e. The van der Waals surface area contributed by atoms with E-state index in [2.05, 4.69) is 10.6 Å². The molecule has 3 aromatic carbocycles. The van der Waals surface area contributed by atoms with Crippen LogP contribution in [0.4, 0.5) is 20.2 Å². The Morgan fingerprint density at radius 3 is 1.40 bits per heavy atom. The highest BCUT2D eigenvalue weighted by molar-refractivity contribution is 5.70. The zero-order valence-electron chi connectivity index (χ0n) is 13.5. The van der Waals surface area contributed by atoms with Gasteiger partial charge in [-0.15, -0.1) is 0 Å². The van der Waals surface area contributed by atoms with Crippen LogP contribution >= 0.6 is 0 Å². The molecule has 2 atom stereocenters. The molecular weight excluding hydrogens is 318 g/mol. The summed E-state index contributed by atoms with van der Waals surface area (Å²) in [6, 6.07) is 21.2. The first-order valence-corrected chi connectivity index (χ1v) is 8.32. The number of rotatable bonds is 2. The van der Waals surface area contributed by atoms with Crippen LogP contribution in [0.15, 0.2) is 72.8 Å². The van der Waals surface area contributed by atoms with Crippen LogP contribution in [0.2, 0.25) is 0 Å². The van der Waals surface area contributed by atoms with Gasteiger partial charge in [-0.3, -0.25) is 0 Å². The van der Waals surface area contributed by atoms with Crippen LogP contribution in [-0.4, -0.2) is 0 Å². The molecule has 0 aromatic heterocycles. The molecule has 4 rings (SSSR count). The van der Waals surface area contributed by atoms with Gasteiger partial charge in [0.2, 0.25) is 0 Å². The minimum atomic E-state index is -0.244. The normalized spacial score (nSPS) is 19.3. The van der Waals surface area contributed by atoms with Crippen molar-refractivity contribution >= 4 is 11.4 Å². The fourth-order valence-corrected chi connectivity index (χ4v) is 3.29. The Balaban J connectivity index is 1.72. The number of hydrogen-bond donors (Lipinski definition) is 2. The molecule has 0 spiro atoms. The Labute approximate surface area is 145 Å². The van der Waals surface area contributed by atoms with Crippen LogP contribution in [0.3, 0.4) is 0 Å². The highest BCUT2D eigenvalue weighted by atomic mass is 19.1. The number of fused-ring (bicyclic) bond motifs is 1. The maximum atomic E-state index is 13.3. The molecule has 0 radical (unpaired) electrons. The van der Waals surface area contributed by atoms with E-state index in [1.807, 2.05) is 48.5 Å². The van der Waals surface area contributed by atoms with E-state index < -0.39 is 0 Å². The van der Waals surface area contributed by atoms with Crippen molar-refractivity contribution in [3.05, 3.63) is 95.6 Å². The van der Waals surface area contributed by atoms with Crippen LogP contribution in [0.25, 0.3) is 0 Å². The largest absolute Gasteiger partial charge is 0.376 e. The van der Waals surface area contributed by atoms with Crippen LogP contribution in [0.1, 0.15) is 29.6 Å². The fraction of sp³-hybridized carbons (Fsp3) is 0.143. The Kier molecular flexibility index (Phi) is 4.10. The van der Waals surface area contributed by atoms with E-state index in [0.717, 1.165) is 28.9 Å². The third-order valence-electron chi connectivity index (χ3n) is 4.60. The summed E-state index contributed by atoms with van der Waals surface area (Å²) in [6.07, 6.45) is 0.756. The Morgan fingerprint density at radius 2 is 1.00 bits per heavy atom. The zero-order valence-corrected chi connectivity index (χ0v) is 13.5. The third kappa shape index (κ3) is 3.33. The highest BCUT2D eigenvalue weighted by Gasteiger charge is 2.24. The van der Waals surface area contributed by atoms with Crippen molar-refractivity contribution in [2.45, 2.75) is 18.5 Å². The molecule has 0 saturated heterocycles. The molecule has 126 valence electrons. The molecule has 0 amide bonds. The lowest BCUT2D eigenvalue weighted by Gasteiger charge is -2.22. The molecule has 0 aliphatic carbocycles. The molecular formula is C21H18F2N2. The first kappa shape index (κ1) is 15.6. The predicted octanol–water partition coefficient (Wildman–Crippen LogP) is 5.67. The number of nitrogens with one attached hydrogen (secondary N) is 2. The average molecular weight is 336 g/mol. The molecule has 1 aliphatic rings. The lowest BCUT2D eigenvalue weighted by molar-refractivity contribution is 0.606. The van der Waals surface area contributed by atoms with Crippen molar-refractivity contribution < 1.29 is 8.78 Å². The van der Waals surface area contributed by atoms with Gasteiger partial charge in [-0.1, -0.05) is 36.4 Å². The third-order valence-corrected chi connectivity index (χ3v) is 4.60. The molecule has 2 N–H and O–H groups in total. The summed E-state index contributed by atoms with van der Waals surface area (Å²) in [7, 11) is 0. The summed E-state index contributed by atoms with van der Waals surface area (Å²) < 4.78 is 26.6. The van der Waals surface area contributed by atoms with Crippen molar-refractivity contribution in [3.63, 3.8) is 0 Å². The summed E-state index contributed by atoms with van der Waals surface area (Å²) in [4.78, 5) is 0. The van der Waals surface area contributed by atoms with Crippen LogP contribution < -0.4 is 10.6 Å². The Morgan fingerprint density at radius 1 is 0.600 bits per heavy atom. The molecule has 4 heteroatoms. The molecule has 3 aromatic rings. The Bertz CT molecular complexity index is 787. The van der Waals surface area contributed by atoms with Crippen LogP contribution in [-0.2, 0) is 0 Å². The zero-order chi connectivity index (χ0) is 17.2. The van der Waals surface area contributed by atoms with Gasteiger partial charge >= 0.3 is 0 Å². The van der Waals surface area contributed by atoms with E-state index in [1.165, 1.54) is 24.3 Å². The number of benzene rings is 3. The minimum absolute atomic E-state index is 0.0202. The number of para-hydroxylation sites is 2. The van der Waals surface area contributed by atoms with E-state index in [0.29, 0.717) is 0 Å². The van der Waals surface area contributed by atoms with Crippen molar-refractivity contribution in [1.29, 1.82) is 0 Å². The second-order valence-electron chi connectivity index (χ2n) is 6.28. The SMILES string of the molecule is Fc1ccc(C2CC(c3ccc(F)cc3)Nc3ccccc3N2)cc1. The smallest absolute Gasteiger partial charge is 0.123 e. The van der Waals surface area contributed by atoms with E-state index in [1.54, 1.807) is 0 Å². The summed E-state index contributed by atoms with van der Waals surface area (Å²) in [5.74, 6) is -0.489. The molecule has 0 saturated carbocycles. The summed E-state index contributed by atoms with van der Waals surface area (Å²) in [5, 5.41) is 7.09. The first-order valence-electron chi connectivity index (χ1n) is 8.32. The first-order chi connectivity index (χ1) is 12.2. The molecule has 0 bridgehead atoms. The van der Waals surface area contributed by atoms with Crippen LogP contribution in [0, 0.1) is 11.6 Å². The topological polar surface area (TPSA) is 24.1 Å². The summed E-state index contributed by atoms with van der Waals surface area (Å²) >= 11 is 0. The van der Waals surface area contributed by atoms with E-state index in [9.17, 15) is 8.78 Å². The number of anilines is 2. The molecule has 1 aliphatic heterocycles. The van der Waals surface area contributed by atoms with Crippen LogP contribution in [0.5, 0.6) is 0 Å². The van der Waals surface area contributed by atoms with Gasteiger partial charge in [0.15, 0.2) is 0 Å². The molecule has 2 nitrogen and oxygen atoms in total. The van der Waals surface area contributed by atoms with Crippen molar-refractivity contribution in [3.8, 4) is 0 Å². The average Bonchev–Trinajstić information content (AvgIpc) is 2.82. The standard InChI is InChI=1S/C21H18F2N2/c22-16-9-5-14(6-10-16)20-13-21(15-7-11-17(23)12-8-15)25-19-4-2-1-3-18(19)24-20/h1-12,20-21,24-25H,13H2. The maximum absolute atomic E-state index is 13.3. The van der Waals surface area contributed by atoms with Gasteiger partial charge in [-0.2, -0.15) is 0 Å². The molecule has 1 heterocycles. The lowest BCUT2D eigenvalue weighted by Crippen LogP contribution is -2.15. The quantitative estimate of drug-likeness (QED) is 0.629. The second-order valence-corrected chi connectivity index (χ2v) is 6.28. The number of halogens is 2. The lowest BCUT2D eigenvalue weighted by atomic mass is 9.95. The van der Waals surface area contributed by atoms with Crippen molar-refractivity contribution in [1.82, 2.24) is 0 Å². The van der Waals surface area contributed by atoms with Gasteiger partial charge in [0.25, 0.3) is 0 Å². The van der Waals surface area contributed by atoms with E-state index in [-0.39, 0.29) is 23.7 Å². The predicted molar refractivity (Wildman–Crippen MR) is 96.6 cm³/mol. The minimum Gasteiger partial charge on any atom is -0.376 e. The molecule has 0 fully saturated rings. The molecule has 2 unspecified atom stereocenters. The second kappa shape index (κ2) is 6.55. The highest BCUT2D eigenvalue weighted by Crippen LogP contribution is 2.38. The molecule has 25 heavy (non-hydrogen) atoms. The fourth-order valence-electron chi connectivity index (χ4n) is 3.29. The van der Waals surface area contributed by atoms with Crippen molar-refractivity contribution in [2.75, 3.05) is 10.6 Å². The van der Waals surface area contributed by atoms with Crippen molar-refractivity contribution in [2.24, 2.45) is 0 Å². The van der Waals surface area contributed by atoms with Gasteiger partial charge in [-0.25, -0.2) is 8.78 Å². The van der Waals surface area contributed by atoms with E-state index >= 15 is 0 Å². The van der Waals surface area contributed by atoms with Gasteiger partial charge in [-0.05, 0) is 53.9 Å².